The van der Waals surface area contributed by atoms with Crippen LogP contribution in [0.5, 0.6) is 5.75 Å². The first-order valence-corrected chi connectivity index (χ1v) is 7.90. The van der Waals surface area contributed by atoms with Crippen LogP contribution < -0.4 is 9.64 Å². The van der Waals surface area contributed by atoms with Gasteiger partial charge in [-0.2, -0.15) is 0 Å². The molecule has 24 heavy (non-hydrogen) atoms. The highest BCUT2D eigenvalue weighted by Gasteiger charge is 2.25. The lowest BCUT2D eigenvalue weighted by Gasteiger charge is -2.36. The topological polar surface area (TPSA) is 63.5 Å². The molecule has 0 bridgehead atoms. The Labute approximate surface area is 139 Å². The zero-order valence-electron chi connectivity index (χ0n) is 13.8. The van der Waals surface area contributed by atoms with E-state index in [1.165, 1.54) is 19.4 Å². The van der Waals surface area contributed by atoms with Crippen LogP contribution >= 0.6 is 0 Å². The third kappa shape index (κ3) is 3.04. The van der Waals surface area contributed by atoms with E-state index in [-0.39, 0.29) is 17.5 Å². The minimum atomic E-state index is -0.379. The van der Waals surface area contributed by atoms with Gasteiger partial charge in [0.05, 0.1) is 13.3 Å². The van der Waals surface area contributed by atoms with Crippen molar-refractivity contribution in [3.63, 3.8) is 0 Å². The molecule has 2 heterocycles. The van der Waals surface area contributed by atoms with Gasteiger partial charge in [-0.25, -0.2) is 9.07 Å². The third-order valence-electron chi connectivity index (χ3n) is 4.20. The Morgan fingerprint density at radius 1 is 1.29 bits per heavy atom. The van der Waals surface area contributed by atoms with Crippen LogP contribution in [0.25, 0.3) is 0 Å². The lowest BCUT2D eigenvalue weighted by Crippen LogP contribution is -2.49. The Morgan fingerprint density at radius 2 is 2.04 bits per heavy atom. The number of carbonyl (C=O) groups is 1. The number of carbonyl (C=O) groups excluding carboxylic acids is 1. The van der Waals surface area contributed by atoms with E-state index in [1.807, 2.05) is 6.92 Å². The number of methoxy groups -OCH3 is 1. The van der Waals surface area contributed by atoms with E-state index < -0.39 is 0 Å². The van der Waals surface area contributed by atoms with Gasteiger partial charge in [0.15, 0.2) is 11.6 Å². The van der Waals surface area contributed by atoms with Crippen LogP contribution in [0.4, 0.5) is 10.1 Å². The number of aromatic nitrogens is 3. The van der Waals surface area contributed by atoms with E-state index >= 15 is 0 Å². The number of amides is 1. The number of hydrogen-bond acceptors (Lipinski definition) is 5. The molecule has 7 nitrogen and oxygen atoms in total. The Hall–Kier alpha value is -2.64. The summed E-state index contributed by atoms with van der Waals surface area (Å²) in [5, 5.41) is 7.70. The molecule has 0 radical (unpaired) electrons. The fourth-order valence-electron chi connectivity index (χ4n) is 2.83. The summed E-state index contributed by atoms with van der Waals surface area (Å²) >= 11 is 0. The van der Waals surface area contributed by atoms with Gasteiger partial charge in [0.25, 0.3) is 5.91 Å². The SMILES string of the molecule is CCn1nncc1C(=O)N1CCN(c2ccc(F)c(OC)c2)CC1. The van der Waals surface area contributed by atoms with Crippen molar-refractivity contribution in [1.82, 2.24) is 19.9 Å². The highest BCUT2D eigenvalue weighted by molar-refractivity contribution is 5.92. The van der Waals surface area contributed by atoms with Crippen LogP contribution in [-0.4, -0.2) is 59.1 Å². The van der Waals surface area contributed by atoms with Gasteiger partial charge < -0.3 is 14.5 Å². The second-order valence-corrected chi connectivity index (χ2v) is 5.53. The van der Waals surface area contributed by atoms with Crippen LogP contribution in [-0.2, 0) is 6.54 Å². The van der Waals surface area contributed by atoms with Crippen LogP contribution in [0.2, 0.25) is 0 Å². The molecular weight excluding hydrogens is 313 g/mol. The van der Waals surface area contributed by atoms with Gasteiger partial charge in [0.2, 0.25) is 0 Å². The number of halogens is 1. The molecule has 3 rings (SSSR count). The lowest BCUT2D eigenvalue weighted by atomic mass is 10.2. The molecule has 1 aromatic heterocycles. The van der Waals surface area contributed by atoms with E-state index in [2.05, 4.69) is 15.2 Å². The summed E-state index contributed by atoms with van der Waals surface area (Å²) in [5.74, 6) is -0.211. The normalized spacial score (nSPS) is 14.8. The van der Waals surface area contributed by atoms with Gasteiger partial charge in [-0.05, 0) is 19.1 Å². The minimum absolute atomic E-state index is 0.0572. The number of nitrogens with zero attached hydrogens (tertiary/aromatic N) is 5. The molecule has 0 spiro atoms. The van der Waals surface area contributed by atoms with E-state index in [0.717, 1.165) is 5.69 Å². The first-order chi connectivity index (χ1) is 11.6. The summed E-state index contributed by atoms with van der Waals surface area (Å²) in [4.78, 5) is 16.5. The minimum Gasteiger partial charge on any atom is -0.494 e. The fraction of sp³-hybridized carbons (Fsp3) is 0.438. The summed E-state index contributed by atoms with van der Waals surface area (Å²) in [5.41, 5.74) is 1.40. The molecule has 8 heteroatoms. The van der Waals surface area contributed by atoms with Crippen molar-refractivity contribution in [2.75, 3.05) is 38.2 Å². The molecule has 2 aromatic rings. The van der Waals surface area contributed by atoms with Gasteiger partial charge in [-0.1, -0.05) is 5.21 Å². The van der Waals surface area contributed by atoms with E-state index in [4.69, 9.17) is 4.74 Å². The smallest absolute Gasteiger partial charge is 0.273 e. The zero-order valence-corrected chi connectivity index (χ0v) is 13.8. The predicted octanol–water partition coefficient (Wildman–Crippen LogP) is 1.41. The maximum atomic E-state index is 13.5. The van der Waals surface area contributed by atoms with Gasteiger partial charge in [-0.15, -0.1) is 5.10 Å². The standard InChI is InChI=1S/C16H20FN5O2/c1-3-22-14(11-18-19-22)16(23)21-8-6-20(7-9-21)12-4-5-13(17)15(10-12)24-2/h4-5,10-11H,3,6-9H2,1-2H3. The summed E-state index contributed by atoms with van der Waals surface area (Å²) < 4.78 is 20.1. The average molecular weight is 333 g/mol. The Kier molecular flexibility index (Phi) is 4.64. The lowest BCUT2D eigenvalue weighted by molar-refractivity contribution is 0.0734. The van der Waals surface area contributed by atoms with Crippen LogP contribution in [0.15, 0.2) is 24.4 Å². The van der Waals surface area contributed by atoms with Crippen molar-refractivity contribution in [2.45, 2.75) is 13.5 Å². The number of aryl methyl sites for hydroxylation is 1. The van der Waals surface area contributed by atoms with Gasteiger partial charge >= 0.3 is 0 Å². The number of anilines is 1. The molecule has 1 saturated heterocycles. The molecule has 128 valence electrons. The Morgan fingerprint density at radius 3 is 2.71 bits per heavy atom. The van der Waals surface area contributed by atoms with Crippen molar-refractivity contribution >= 4 is 11.6 Å². The second-order valence-electron chi connectivity index (χ2n) is 5.53. The van der Waals surface area contributed by atoms with Gasteiger partial charge in [0, 0.05) is 44.5 Å². The van der Waals surface area contributed by atoms with Crippen LogP contribution in [0, 0.1) is 5.82 Å². The summed E-state index contributed by atoms with van der Waals surface area (Å²) in [6.45, 7) is 5.06. The third-order valence-corrected chi connectivity index (χ3v) is 4.20. The fourth-order valence-corrected chi connectivity index (χ4v) is 2.83. The average Bonchev–Trinajstić information content (AvgIpc) is 3.10. The number of rotatable bonds is 4. The monoisotopic (exact) mass is 333 g/mol. The van der Waals surface area contributed by atoms with Gasteiger partial charge in [0.1, 0.15) is 5.69 Å². The second kappa shape index (κ2) is 6.86. The number of hydrogen-bond donors (Lipinski definition) is 0. The maximum Gasteiger partial charge on any atom is 0.273 e. The summed E-state index contributed by atoms with van der Waals surface area (Å²) in [7, 11) is 1.45. The number of ether oxygens (including phenoxy) is 1. The van der Waals surface area contributed by atoms with E-state index in [0.29, 0.717) is 38.4 Å². The summed E-state index contributed by atoms with van der Waals surface area (Å²) in [6, 6.07) is 4.81. The molecule has 1 aliphatic rings. The predicted molar refractivity (Wildman–Crippen MR) is 86.8 cm³/mol. The molecule has 1 aliphatic heterocycles. The van der Waals surface area contributed by atoms with Crippen molar-refractivity contribution in [3.05, 3.63) is 35.9 Å². The molecule has 0 unspecified atom stereocenters. The maximum absolute atomic E-state index is 13.5. The van der Waals surface area contributed by atoms with Crippen LogP contribution in [0.1, 0.15) is 17.4 Å². The Balaban J connectivity index is 1.66. The molecule has 0 saturated carbocycles. The molecular formula is C16H20FN5O2. The molecule has 1 aromatic carbocycles. The van der Waals surface area contributed by atoms with Crippen molar-refractivity contribution in [1.29, 1.82) is 0 Å². The largest absolute Gasteiger partial charge is 0.494 e. The number of benzene rings is 1. The van der Waals surface area contributed by atoms with Crippen molar-refractivity contribution in [2.24, 2.45) is 0 Å². The number of piperazine rings is 1. The quantitative estimate of drug-likeness (QED) is 0.846. The molecule has 1 amide bonds. The first kappa shape index (κ1) is 16.2. The molecule has 1 fully saturated rings. The van der Waals surface area contributed by atoms with E-state index in [1.54, 1.807) is 21.7 Å². The summed E-state index contributed by atoms with van der Waals surface area (Å²) in [6.07, 6.45) is 1.50. The highest BCUT2D eigenvalue weighted by atomic mass is 19.1. The van der Waals surface area contributed by atoms with Crippen molar-refractivity contribution < 1.29 is 13.9 Å². The Bertz CT molecular complexity index is 725. The van der Waals surface area contributed by atoms with Crippen molar-refractivity contribution in [3.8, 4) is 5.75 Å². The molecule has 0 N–H and O–H groups in total. The van der Waals surface area contributed by atoms with Crippen LogP contribution in [0.3, 0.4) is 0 Å². The highest BCUT2D eigenvalue weighted by Crippen LogP contribution is 2.25. The zero-order chi connectivity index (χ0) is 17.1. The first-order valence-electron chi connectivity index (χ1n) is 7.90. The molecule has 0 aliphatic carbocycles. The van der Waals surface area contributed by atoms with Gasteiger partial charge in [-0.3, -0.25) is 4.79 Å². The molecule has 0 atom stereocenters. The van der Waals surface area contributed by atoms with E-state index in [9.17, 15) is 9.18 Å².